The lowest BCUT2D eigenvalue weighted by atomic mass is 9.52. The summed E-state index contributed by atoms with van der Waals surface area (Å²) in [4.78, 5) is 29.9. The lowest BCUT2D eigenvalue weighted by Gasteiger charge is -2.50. The standard InChI is InChI=1S/C18H21N3O2/c1-10-20-14-12(16(23)21(10)5)6-7-13-17(2,3)15(22)11(9-19)8-18(13,14)4/h8,13H,6-7H2,1-5H3/t13-,18-/m0/s1. The number of nitrogens with zero attached hydrogens (tertiary/aromatic N) is 3. The molecular formula is C18H21N3O2. The van der Waals surface area contributed by atoms with Crippen molar-refractivity contribution < 1.29 is 4.79 Å². The van der Waals surface area contributed by atoms with Crippen LogP contribution in [0.4, 0.5) is 0 Å². The summed E-state index contributed by atoms with van der Waals surface area (Å²) in [5.74, 6) is 0.579. The molecule has 1 aromatic rings. The maximum atomic E-state index is 12.6. The van der Waals surface area contributed by atoms with E-state index in [1.54, 1.807) is 17.7 Å². The first-order valence-corrected chi connectivity index (χ1v) is 7.89. The Balaban J connectivity index is 2.37. The van der Waals surface area contributed by atoms with E-state index in [-0.39, 0.29) is 22.8 Å². The number of nitriles is 1. The van der Waals surface area contributed by atoms with Crippen LogP contribution in [-0.4, -0.2) is 15.3 Å². The summed E-state index contributed by atoms with van der Waals surface area (Å²) >= 11 is 0. The number of rotatable bonds is 0. The molecule has 0 amide bonds. The van der Waals surface area contributed by atoms with E-state index >= 15 is 0 Å². The molecule has 2 aliphatic carbocycles. The molecule has 5 heteroatoms. The minimum absolute atomic E-state index is 0.0196. The molecule has 0 saturated heterocycles. The fraction of sp³-hybridized carbons (Fsp3) is 0.556. The molecule has 2 aliphatic rings. The Morgan fingerprint density at radius 2 is 2.00 bits per heavy atom. The summed E-state index contributed by atoms with van der Waals surface area (Å²) in [6, 6.07) is 2.04. The molecule has 0 unspecified atom stereocenters. The quantitative estimate of drug-likeness (QED) is 0.734. The van der Waals surface area contributed by atoms with Crippen LogP contribution in [0.5, 0.6) is 0 Å². The first-order chi connectivity index (χ1) is 10.6. The minimum atomic E-state index is -0.636. The Labute approximate surface area is 135 Å². The van der Waals surface area contributed by atoms with Crippen LogP contribution in [0, 0.1) is 29.6 Å². The van der Waals surface area contributed by atoms with E-state index in [0.29, 0.717) is 12.2 Å². The molecule has 1 heterocycles. The van der Waals surface area contributed by atoms with Crippen LogP contribution in [0.3, 0.4) is 0 Å². The summed E-state index contributed by atoms with van der Waals surface area (Å²) in [6.07, 6.45) is 3.12. The van der Waals surface area contributed by atoms with Crippen molar-refractivity contribution in [2.75, 3.05) is 0 Å². The number of fused-ring (bicyclic) bond motifs is 3. The van der Waals surface area contributed by atoms with Gasteiger partial charge in [0.2, 0.25) is 0 Å². The van der Waals surface area contributed by atoms with E-state index in [1.165, 1.54) is 0 Å². The summed E-state index contributed by atoms with van der Waals surface area (Å²) in [5.41, 5.74) is 0.422. The van der Waals surface area contributed by atoms with Gasteiger partial charge in [-0.05, 0) is 25.7 Å². The van der Waals surface area contributed by atoms with Gasteiger partial charge in [-0.25, -0.2) is 4.98 Å². The van der Waals surface area contributed by atoms with Crippen molar-refractivity contribution in [2.24, 2.45) is 18.4 Å². The van der Waals surface area contributed by atoms with Crippen molar-refractivity contribution in [1.29, 1.82) is 5.26 Å². The molecule has 0 N–H and O–H groups in total. The van der Waals surface area contributed by atoms with Gasteiger partial charge < -0.3 is 0 Å². The van der Waals surface area contributed by atoms with Crippen molar-refractivity contribution >= 4 is 5.78 Å². The highest BCUT2D eigenvalue weighted by Gasteiger charge is 2.55. The normalized spacial score (nSPS) is 28.4. The number of aromatic nitrogens is 2. The van der Waals surface area contributed by atoms with Gasteiger partial charge in [-0.2, -0.15) is 5.26 Å². The van der Waals surface area contributed by atoms with Gasteiger partial charge in [-0.1, -0.05) is 26.8 Å². The molecular weight excluding hydrogens is 290 g/mol. The van der Waals surface area contributed by atoms with E-state index in [4.69, 9.17) is 0 Å². The highest BCUT2D eigenvalue weighted by atomic mass is 16.1. The second-order valence-electron chi connectivity index (χ2n) is 7.44. The number of allylic oxidation sites excluding steroid dienone is 2. The van der Waals surface area contributed by atoms with Gasteiger partial charge in [-0.3, -0.25) is 14.2 Å². The molecule has 23 heavy (non-hydrogen) atoms. The van der Waals surface area contributed by atoms with Gasteiger partial charge in [0.25, 0.3) is 5.56 Å². The highest BCUT2D eigenvalue weighted by molar-refractivity contribution is 6.04. The molecule has 0 saturated carbocycles. The van der Waals surface area contributed by atoms with Crippen molar-refractivity contribution in [2.45, 2.75) is 46.0 Å². The third kappa shape index (κ3) is 1.87. The monoisotopic (exact) mass is 311 g/mol. The lowest BCUT2D eigenvalue weighted by Crippen LogP contribution is -2.52. The minimum Gasteiger partial charge on any atom is -0.300 e. The second-order valence-corrected chi connectivity index (χ2v) is 7.44. The van der Waals surface area contributed by atoms with Gasteiger partial charge >= 0.3 is 0 Å². The van der Waals surface area contributed by atoms with E-state index in [0.717, 1.165) is 17.7 Å². The fourth-order valence-corrected chi connectivity index (χ4v) is 4.41. The van der Waals surface area contributed by atoms with E-state index in [2.05, 4.69) is 4.98 Å². The topological polar surface area (TPSA) is 75.8 Å². The number of Topliss-reactive ketones (excluding diaryl/α,β-unsaturated/α-hetero) is 1. The first kappa shape index (κ1) is 15.7. The fourth-order valence-electron chi connectivity index (χ4n) is 4.41. The largest absolute Gasteiger partial charge is 0.300 e. The van der Waals surface area contributed by atoms with Crippen LogP contribution < -0.4 is 5.56 Å². The van der Waals surface area contributed by atoms with Crippen molar-refractivity contribution in [3.05, 3.63) is 39.1 Å². The van der Waals surface area contributed by atoms with Crippen molar-refractivity contribution in [3.8, 4) is 6.07 Å². The molecule has 0 spiro atoms. The zero-order valence-corrected chi connectivity index (χ0v) is 14.2. The number of hydrogen-bond donors (Lipinski definition) is 0. The molecule has 2 atom stereocenters. The van der Waals surface area contributed by atoms with Gasteiger partial charge in [0.15, 0.2) is 5.78 Å². The predicted molar refractivity (Wildman–Crippen MR) is 85.9 cm³/mol. The summed E-state index contributed by atoms with van der Waals surface area (Å²) < 4.78 is 1.57. The molecule has 5 nitrogen and oxygen atoms in total. The molecule has 0 aromatic carbocycles. The van der Waals surface area contributed by atoms with Crippen LogP contribution in [0.25, 0.3) is 0 Å². The van der Waals surface area contributed by atoms with Gasteiger partial charge in [0.05, 0.1) is 11.3 Å². The third-order valence-electron chi connectivity index (χ3n) is 5.79. The lowest BCUT2D eigenvalue weighted by molar-refractivity contribution is -0.128. The Morgan fingerprint density at radius 1 is 1.35 bits per heavy atom. The number of carbonyl (C=O) groups excluding carboxylic acids is 1. The van der Waals surface area contributed by atoms with Gasteiger partial charge in [-0.15, -0.1) is 0 Å². The Hall–Kier alpha value is -2.22. The SMILES string of the molecule is Cc1nc2c(c(=O)n1C)CC[C@H]1C(C)(C)C(=O)C(C#N)=C[C@]21C. The molecule has 0 aliphatic heterocycles. The number of ketones is 1. The zero-order chi connectivity index (χ0) is 17.2. The Bertz CT molecular complexity index is 854. The predicted octanol–water partition coefficient (Wildman–Crippen LogP) is 1.97. The van der Waals surface area contributed by atoms with Crippen molar-refractivity contribution in [1.82, 2.24) is 9.55 Å². The van der Waals surface area contributed by atoms with Crippen LogP contribution >= 0.6 is 0 Å². The average Bonchev–Trinajstić information content (AvgIpc) is 2.49. The highest BCUT2D eigenvalue weighted by Crippen LogP contribution is 2.53. The first-order valence-electron chi connectivity index (χ1n) is 7.89. The van der Waals surface area contributed by atoms with E-state index < -0.39 is 10.8 Å². The van der Waals surface area contributed by atoms with Crippen LogP contribution in [0.2, 0.25) is 0 Å². The smallest absolute Gasteiger partial charge is 0.256 e. The molecule has 0 bridgehead atoms. The maximum Gasteiger partial charge on any atom is 0.256 e. The van der Waals surface area contributed by atoms with Crippen molar-refractivity contribution in [3.63, 3.8) is 0 Å². The van der Waals surface area contributed by atoms with Crippen LogP contribution in [-0.2, 0) is 23.7 Å². The Morgan fingerprint density at radius 3 is 2.61 bits per heavy atom. The molecule has 0 fully saturated rings. The van der Waals surface area contributed by atoms with E-state index in [1.807, 2.05) is 33.8 Å². The van der Waals surface area contributed by atoms with Gasteiger partial charge in [0, 0.05) is 23.4 Å². The number of hydrogen-bond acceptors (Lipinski definition) is 4. The van der Waals surface area contributed by atoms with E-state index in [9.17, 15) is 14.9 Å². The van der Waals surface area contributed by atoms with Gasteiger partial charge in [0.1, 0.15) is 11.9 Å². The molecule has 1 aromatic heterocycles. The number of aryl methyl sites for hydroxylation is 1. The maximum absolute atomic E-state index is 12.6. The third-order valence-corrected chi connectivity index (χ3v) is 5.79. The molecule has 0 radical (unpaired) electrons. The summed E-state index contributed by atoms with van der Waals surface area (Å²) in [7, 11) is 1.73. The van der Waals surface area contributed by atoms with Crippen LogP contribution in [0.15, 0.2) is 16.4 Å². The zero-order valence-electron chi connectivity index (χ0n) is 14.2. The summed E-state index contributed by atoms with van der Waals surface area (Å²) in [6.45, 7) is 7.62. The summed E-state index contributed by atoms with van der Waals surface area (Å²) in [5, 5.41) is 9.37. The second kappa shape index (κ2) is 4.64. The average molecular weight is 311 g/mol. The number of carbonyl (C=O) groups is 1. The molecule has 120 valence electrons. The van der Waals surface area contributed by atoms with Crippen LogP contribution in [0.1, 0.15) is 44.3 Å². The molecule has 3 rings (SSSR count). The Kier molecular flexibility index (Phi) is 3.16.